The van der Waals surface area contributed by atoms with Crippen LogP contribution in [0.15, 0.2) is 53.7 Å². The summed E-state index contributed by atoms with van der Waals surface area (Å²) in [5, 5.41) is 12.1. The van der Waals surface area contributed by atoms with E-state index in [1.54, 1.807) is 38.1 Å². The van der Waals surface area contributed by atoms with Gasteiger partial charge in [0.2, 0.25) is 21.7 Å². The number of sulfonamides is 1. The van der Waals surface area contributed by atoms with E-state index in [1.165, 1.54) is 22.8 Å². The van der Waals surface area contributed by atoms with Gasteiger partial charge in [0.05, 0.1) is 20.7 Å². The molecule has 2 aromatic carbocycles. The molecule has 0 unspecified atom stereocenters. The van der Waals surface area contributed by atoms with Crippen LogP contribution in [0.3, 0.4) is 0 Å². The van der Waals surface area contributed by atoms with Gasteiger partial charge in [-0.1, -0.05) is 26.0 Å². The van der Waals surface area contributed by atoms with E-state index in [-0.39, 0.29) is 29.6 Å². The third kappa shape index (κ3) is 3.64. The molecular formula is C18H18N4O5S. The van der Waals surface area contributed by atoms with E-state index < -0.39 is 20.6 Å². The van der Waals surface area contributed by atoms with Crippen molar-refractivity contribution >= 4 is 26.6 Å². The van der Waals surface area contributed by atoms with Crippen LogP contribution in [0.5, 0.6) is 11.6 Å². The van der Waals surface area contributed by atoms with Gasteiger partial charge in [-0.15, -0.1) is 0 Å². The molecule has 1 heterocycles. The largest absolute Gasteiger partial charge is 0.431 e. The molecule has 0 radical (unpaired) electrons. The zero-order valence-corrected chi connectivity index (χ0v) is 16.1. The fourth-order valence-corrected chi connectivity index (χ4v) is 4.24. The highest BCUT2D eigenvalue weighted by Crippen LogP contribution is 2.35. The molecule has 0 aliphatic carbocycles. The van der Waals surface area contributed by atoms with Crippen molar-refractivity contribution in [2.75, 3.05) is 13.1 Å². The van der Waals surface area contributed by atoms with Crippen LogP contribution in [0.1, 0.15) is 13.8 Å². The molecule has 0 amide bonds. The summed E-state index contributed by atoms with van der Waals surface area (Å²) in [5.74, 6) is 0.0420. The Morgan fingerprint density at radius 3 is 2.50 bits per heavy atom. The first kappa shape index (κ1) is 19.6. The lowest BCUT2D eigenvalue weighted by Gasteiger charge is -2.18. The zero-order valence-electron chi connectivity index (χ0n) is 15.3. The number of nitro groups is 1. The predicted molar refractivity (Wildman–Crippen MR) is 103 cm³/mol. The summed E-state index contributed by atoms with van der Waals surface area (Å²) in [6, 6.07) is 10.6. The fourth-order valence-electron chi connectivity index (χ4n) is 2.76. The number of hydrogen-bond acceptors (Lipinski definition) is 7. The molecule has 3 aromatic rings. The molecule has 0 saturated heterocycles. The van der Waals surface area contributed by atoms with Gasteiger partial charge in [-0.3, -0.25) is 10.1 Å². The Bertz CT molecular complexity index is 1120. The lowest BCUT2D eigenvalue weighted by atomic mass is 10.2. The van der Waals surface area contributed by atoms with Crippen LogP contribution in [0, 0.1) is 10.1 Å². The molecule has 0 spiro atoms. The summed E-state index contributed by atoms with van der Waals surface area (Å²) in [5.41, 5.74) is 0.159. The van der Waals surface area contributed by atoms with Crippen LogP contribution in [-0.4, -0.2) is 40.7 Å². The second-order valence-corrected chi connectivity index (χ2v) is 7.71. The van der Waals surface area contributed by atoms with Crippen molar-refractivity contribution in [1.82, 2.24) is 14.3 Å². The van der Waals surface area contributed by atoms with Gasteiger partial charge in [-0.25, -0.2) is 18.4 Å². The molecule has 0 fully saturated rings. The molecule has 28 heavy (non-hydrogen) atoms. The topological polar surface area (TPSA) is 116 Å². The zero-order chi connectivity index (χ0) is 20.3. The highest BCUT2D eigenvalue weighted by atomic mass is 32.2. The number of hydrogen-bond donors (Lipinski definition) is 0. The van der Waals surface area contributed by atoms with Crippen molar-refractivity contribution in [3.63, 3.8) is 0 Å². The van der Waals surface area contributed by atoms with Crippen molar-refractivity contribution < 1.29 is 18.1 Å². The van der Waals surface area contributed by atoms with Gasteiger partial charge in [0.15, 0.2) is 0 Å². The Kier molecular flexibility index (Phi) is 5.52. The summed E-state index contributed by atoms with van der Waals surface area (Å²) in [6.45, 7) is 3.93. The van der Waals surface area contributed by atoms with E-state index in [1.807, 2.05) is 0 Å². The summed E-state index contributed by atoms with van der Waals surface area (Å²) in [4.78, 5) is 18.9. The van der Waals surface area contributed by atoms with E-state index in [0.29, 0.717) is 10.9 Å². The van der Waals surface area contributed by atoms with E-state index in [2.05, 4.69) is 9.97 Å². The molecule has 3 rings (SSSR count). The molecule has 0 bridgehead atoms. The maximum absolute atomic E-state index is 12.7. The molecule has 9 nitrogen and oxygen atoms in total. The van der Waals surface area contributed by atoms with Crippen LogP contribution < -0.4 is 4.74 Å². The van der Waals surface area contributed by atoms with E-state index in [9.17, 15) is 18.5 Å². The average molecular weight is 402 g/mol. The SMILES string of the molecule is CCN(CC)S(=O)(=O)c1ccc(Oc2ncnc3ccccc23)c([N+](=O)[O-])c1. The second-order valence-electron chi connectivity index (χ2n) is 5.77. The molecule has 10 heteroatoms. The first-order chi connectivity index (χ1) is 13.4. The summed E-state index contributed by atoms with van der Waals surface area (Å²) in [7, 11) is -3.83. The van der Waals surface area contributed by atoms with E-state index in [0.717, 1.165) is 6.07 Å². The molecule has 146 valence electrons. The average Bonchev–Trinajstić information content (AvgIpc) is 2.69. The lowest BCUT2D eigenvalue weighted by Crippen LogP contribution is -2.30. The van der Waals surface area contributed by atoms with Gasteiger partial charge in [0.25, 0.3) is 0 Å². The smallest absolute Gasteiger partial charge is 0.312 e. The Labute approximate surface area is 161 Å². The highest BCUT2D eigenvalue weighted by molar-refractivity contribution is 7.89. The predicted octanol–water partition coefficient (Wildman–Crippen LogP) is 3.36. The van der Waals surface area contributed by atoms with E-state index in [4.69, 9.17) is 4.74 Å². The van der Waals surface area contributed by atoms with Crippen LogP contribution in [0.4, 0.5) is 5.69 Å². The molecule has 1 aromatic heterocycles. The third-order valence-corrected chi connectivity index (χ3v) is 6.23. The van der Waals surface area contributed by atoms with Gasteiger partial charge in [0, 0.05) is 19.2 Å². The summed E-state index contributed by atoms with van der Waals surface area (Å²) >= 11 is 0. The Balaban J connectivity index is 2.06. The maximum atomic E-state index is 12.7. The monoisotopic (exact) mass is 402 g/mol. The number of nitrogens with zero attached hydrogens (tertiary/aromatic N) is 4. The fraction of sp³-hybridized carbons (Fsp3) is 0.222. The summed E-state index contributed by atoms with van der Waals surface area (Å²) in [6.07, 6.45) is 1.29. The van der Waals surface area contributed by atoms with Crippen molar-refractivity contribution in [2.24, 2.45) is 0 Å². The van der Waals surface area contributed by atoms with Gasteiger partial charge >= 0.3 is 5.69 Å². The minimum Gasteiger partial charge on any atom is -0.431 e. The number of benzene rings is 2. The molecule has 0 atom stereocenters. The number of aromatic nitrogens is 2. The quantitative estimate of drug-likeness (QED) is 0.439. The van der Waals surface area contributed by atoms with E-state index >= 15 is 0 Å². The van der Waals surface area contributed by atoms with Crippen LogP contribution in [-0.2, 0) is 10.0 Å². The Morgan fingerprint density at radius 2 is 1.82 bits per heavy atom. The van der Waals surface area contributed by atoms with Crippen molar-refractivity contribution in [2.45, 2.75) is 18.7 Å². The highest BCUT2D eigenvalue weighted by Gasteiger charge is 2.26. The summed E-state index contributed by atoms with van der Waals surface area (Å²) < 4.78 is 32.2. The van der Waals surface area contributed by atoms with Crippen LogP contribution in [0.25, 0.3) is 10.9 Å². The number of nitro benzene ring substituents is 1. The van der Waals surface area contributed by atoms with Gasteiger partial charge < -0.3 is 4.74 Å². The first-order valence-electron chi connectivity index (χ1n) is 8.54. The normalized spacial score (nSPS) is 11.7. The minimum absolute atomic E-state index is 0.104. The first-order valence-corrected chi connectivity index (χ1v) is 9.98. The Hall–Kier alpha value is -3.11. The number of fused-ring (bicyclic) bond motifs is 1. The lowest BCUT2D eigenvalue weighted by molar-refractivity contribution is -0.385. The van der Waals surface area contributed by atoms with Crippen LogP contribution >= 0.6 is 0 Å². The van der Waals surface area contributed by atoms with Gasteiger partial charge in [0.1, 0.15) is 6.33 Å². The van der Waals surface area contributed by atoms with Crippen molar-refractivity contribution in [3.8, 4) is 11.6 Å². The molecule has 0 saturated carbocycles. The molecule has 0 aliphatic rings. The molecule has 0 aliphatic heterocycles. The number of rotatable bonds is 7. The molecular weight excluding hydrogens is 384 g/mol. The van der Waals surface area contributed by atoms with Crippen molar-refractivity contribution in [3.05, 3.63) is 58.9 Å². The standard InChI is InChI=1S/C18H18N4O5S/c1-3-21(4-2)28(25,26)13-9-10-17(16(11-13)22(23)24)27-18-14-7-5-6-8-15(14)19-12-20-18/h5-12H,3-4H2,1-2H3. The molecule has 0 N–H and O–H groups in total. The Morgan fingerprint density at radius 1 is 1.11 bits per heavy atom. The van der Waals surface area contributed by atoms with Crippen LogP contribution in [0.2, 0.25) is 0 Å². The maximum Gasteiger partial charge on any atom is 0.312 e. The second kappa shape index (κ2) is 7.87. The number of ether oxygens (including phenoxy) is 1. The number of para-hydroxylation sites is 1. The third-order valence-electron chi connectivity index (χ3n) is 4.18. The minimum atomic E-state index is -3.83. The van der Waals surface area contributed by atoms with Gasteiger partial charge in [-0.2, -0.15) is 4.31 Å². The van der Waals surface area contributed by atoms with Gasteiger partial charge in [-0.05, 0) is 24.3 Å². The van der Waals surface area contributed by atoms with Crippen molar-refractivity contribution in [1.29, 1.82) is 0 Å².